The van der Waals surface area contributed by atoms with Crippen LogP contribution in [-0.2, 0) is 9.53 Å². The molecular weight excluding hydrogens is 192 g/mol. The Balaban J connectivity index is 2.26. The number of carbonyl (C=O) groups is 1. The summed E-state index contributed by atoms with van der Waals surface area (Å²) in [4.78, 5) is 11.6. The molecule has 4 heteroatoms. The maximum absolute atomic E-state index is 11.6. The molecule has 4 nitrogen and oxygen atoms in total. The smallest absolute Gasteiger partial charge is 0.249 e. The van der Waals surface area contributed by atoms with Gasteiger partial charge < -0.3 is 15.4 Å². The van der Waals surface area contributed by atoms with Gasteiger partial charge in [0.15, 0.2) is 0 Å². The predicted octanol–water partition coefficient (Wildman–Crippen LogP) is 0.668. The highest BCUT2D eigenvalue weighted by Gasteiger charge is 2.20. The summed E-state index contributed by atoms with van der Waals surface area (Å²) < 4.78 is 5.70. The van der Waals surface area contributed by atoms with E-state index in [0.29, 0.717) is 0 Å². The molecule has 1 aliphatic heterocycles. The van der Waals surface area contributed by atoms with Gasteiger partial charge in [0, 0.05) is 6.04 Å². The first-order chi connectivity index (χ1) is 7.09. The minimum absolute atomic E-state index is 0.0106. The van der Waals surface area contributed by atoms with Crippen molar-refractivity contribution >= 4 is 5.91 Å². The number of carbonyl (C=O) groups excluding carboxylic acids is 1. The van der Waals surface area contributed by atoms with Crippen LogP contribution < -0.4 is 10.6 Å². The zero-order valence-electron chi connectivity index (χ0n) is 9.88. The van der Waals surface area contributed by atoms with Gasteiger partial charge in [-0.1, -0.05) is 0 Å². The molecule has 1 heterocycles. The SMILES string of the molecule is CC(C)NC(=O)C(C)OC1CCNCC1. The molecule has 1 atom stereocenters. The van der Waals surface area contributed by atoms with Crippen LogP contribution in [0.3, 0.4) is 0 Å². The molecule has 1 fully saturated rings. The van der Waals surface area contributed by atoms with Crippen LogP contribution in [0.4, 0.5) is 0 Å². The van der Waals surface area contributed by atoms with Gasteiger partial charge in [-0.2, -0.15) is 0 Å². The Morgan fingerprint density at radius 3 is 2.47 bits per heavy atom. The van der Waals surface area contributed by atoms with Gasteiger partial charge in [-0.3, -0.25) is 4.79 Å². The van der Waals surface area contributed by atoms with Gasteiger partial charge in [0.05, 0.1) is 6.10 Å². The fourth-order valence-electron chi connectivity index (χ4n) is 1.68. The zero-order valence-corrected chi connectivity index (χ0v) is 9.88. The molecule has 1 saturated heterocycles. The van der Waals surface area contributed by atoms with E-state index in [2.05, 4.69) is 10.6 Å². The largest absolute Gasteiger partial charge is 0.365 e. The highest BCUT2D eigenvalue weighted by atomic mass is 16.5. The zero-order chi connectivity index (χ0) is 11.3. The summed E-state index contributed by atoms with van der Waals surface area (Å²) in [6, 6.07) is 0.177. The number of amides is 1. The fourth-order valence-corrected chi connectivity index (χ4v) is 1.68. The Labute approximate surface area is 91.8 Å². The Kier molecular flexibility index (Phi) is 5.05. The average Bonchev–Trinajstić information content (AvgIpc) is 2.18. The first-order valence-electron chi connectivity index (χ1n) is 5.76. The van der Waals surface area contributed by atoms with Gasteiger partial charge in [-0.05, 0) is 46.7 Å². The van der Waals surface area contributed by atoms with E-state index in [1.54, 1.807) is 0 Å². The minimum atomic E-state index is -0.338. The molecule has 15 heavy (non-hydrogen) atoms. The maximum atomic E-state index is 11.6. The number of hydrogen-bond donors (Lipinski definition) is 2. The molecule has 88 valence electrons. The summed E-state index contributed by atoms with van der Waals surface area (Å²) >= 11 is 0. The monoisotopic (exact) mass is 214 g/mol. The first-order valence-corrected chi connectivity index (χ1v) is 5.76. The van der Waals surface area contributed by atoms with Crippen molar-refractivity contribution in [1.82, 2.24) is 10.6 Å². The van der Waals surface area contributed by atoms with Crippen molar-refractivity contribution in [2.45, 2.75) is 51.9 Å². The van der Waals surface area contributed by atoms with E-state index in [4.69, 9.17) is 4.74 Å². The van der Waals surface area contributed by atoms with Crippen LogP contribution >= 0.6 is 0 Å². The molecule has 1 aliphatic rings. The molecule has 1 amide bonds. The van der Waals surface area contributed by atoms with Crippen LogP contribution in [0.1, 0.15) is 33.6 Å². The van der Waals surface area contributed by atoms with E-state index in [0.717, 1.165) is 25.9 Å². The van der Waals surface area contributed by atoms with Crippen molar-refractivity contribution in [2.75, 3.05) is 13.1 Å². The van der Waals surface area contributed by atoms with Gasteiger partial charge in [0.2, 0.25) is 5.91 Å². The number of piperidine rings is 1. The lowest BCUT2D eigenvalue weighted by Crippen LogP contribution is -2.42. The van der Waals surface area contributed by atoms with E-state index < -0.39 is 0 Å². The predicted molar refractivity (Wildman–Crippen MR) is 59.7 cm³/mol. The Morgan fingerprint density at radius 2 is 1.93 bits per heavy atom. The van der Waals surface area contributed by atoms with Crippen LogP contribution in [0.2, 0.25) is 0 Å². The minimum Gasteiger partial charge on any atom is -0.365 e. The van der Waals surface area contributed by atoms with Crippen molar-refractivity contribution in [1.29, 1.82) is 0 Å². The number of rotatable bonds is 4. The summed E-state index contributed by atoms with van der Waals surface area (Å²) in [6.45, 7) is 7.70. The van der Waals surface area contributed by atoms with E-state index in [9.17, 15) is 4.79 Å². The highest BCUT2D eigenvalue weighted by Crippen LogP contribution is 2.10. The van der Waals surface area contributed by atoms with Crippen LogP contribution in [0, 0.1) is 0 Å². The van der Waals surface area contributed by atoms with Gasteiger partial charge >= 0.3 is 0 Å². The Hall–Kier alpha value is -0.610. The summed E-state index contributed by atoms with van der Waals surface area (Å²) in [5, 5.41) is 6.12. The first kappa shape index (κ1) is 12.5. The van der Waals surface area contributed by atoms with E-state index in [-0.39, 0.29) is 24.2 Å². The van der Waals surface area contributed by atoms with Crippen molar-refractivity contribution in [2.24, 2.45) is 0 Å². The van der Waals surface area contributed by atoms with Crippen LogP contribution in [0.5, 0.6) is 0 Å². The topological polar surface area (TPSA) is 50.4 Å². The lowest BCUT2D eigenvalue weighted by atomic mass is 10.1. The van der Waals surface area contributed by atoms with Gasteiger partial charge in [-0.25, -0.2) is 0 Å². The van der Waals surface area contributed by atoms with E-state index in [1.165, 1.54) is 0 Å². The van der Waals surface area contributed by atoms with E-state index in [1.807, 2.05) is 20.8 Å². The highest BCUT2D eigenvalue weighted by molar-refractivity contribution is 5.80. The van der Waals surface area contributed by atoms with Gasteiger partial charge in [0.25, 0.3) is 0 Å². The molecule has 0 bridgehead atoms. The second kappa shape index (κ2) is 6.08. The molecule has 0 spiro atoms. The van der Waals surface area contributed by atoms with Crippen molar-refractivity contribution in [3.63, 3.8) is 0 Å². The van der Waals surface area contributed by atoms with Crippen molar-refractivity contribution in [3.8, 4) is 0 Å². The molecule has 2 N–H and O–H groups in total. The fraction of sp³-hybridized carbons (Fsp3) is 0.909. The quantitative estimate of drug-likeness (QED) is 0.723. The second-order valence-electron chi connectivity index (χ2n) is 4.39. The Bertz CT molecular complexity index is 201. The van der Waals surface area contributed by atoms with Gasteiger partial charge in [0.1, 0.15) is 6.10 Å². The third-order valence-corrected chi connectivity index (χ3v) is 2.48. The van der Waals surface area contributed by atoms with Gasteiger partial charge in [-0.15, -0.1) is 0 Å². The van der Waals surface area contributed by atoms with Crippen LogP contribution in [0.15, 0.2) is 0 Å². The normalized spacial score (nSPS) is 20.3. The lowest BCUT2D eigenvalue weighted by Gasteiger charge is -2.26. The molecule has 0 radical (unpaired) electrons. The standard InChI is InChI=1S/C11H22N2O2/c1-8(2)13-11(14)9(3)15-10-4-6-12-7-5-10/h8-10,12H,4-7H2,1-3H3,(H,13,14). The molecule has 1 unspecified atom stereocenters. The third kappa shape index (κ3) is 4.62. The number of ether oxygens (including phenoxy) is 1. The summed E-state index contributed by atoms with van der Waals surface area (Å²) in [7, 11) is 0. The molecule has 0 saturated carbocycles. The molecule has 0 aromatic carbocycles. The Morgan fingerprint density at radius 1 is 1.33 bits per heavy atom. The summed E-state index contributed by atoms with van der Waals surface area (Å²) in [6.07, 6.45) is 1.90. The average molecular weight is 214 g/mol. The second-order valence-corrected chi connectivity index (χ2v) is 4.39. The maximum Gasteiger partial charge on any atom is 0.249 e. The molecule has 0 aromatic heterocycles. The number of nitrogens with one attached hydrogen (secondary N) is 2. The number of hydrogen-bond acceptors (Lipinski definition) is 3. The van der Waals surface area contributed by atoms with E-state index >= 15 is 0 Å². The summed E-state index contributed by atoms with van der Waals surface area (Å²) in [5.41, 5.74) is 0. The summed E-state index contributed by atoms with van der Waals surface area (Å²) in [5.74, 6) is -0.0106. The van der Waals surface area contributed by atoms with Crippen LogP contribution in [-0.4, -0.2) is 37.2 Å². The molecule has 0 aliphatic carbocycles. The molecule has 1 rings (SSSR count). The van der Waals surface area contributed by atoms with Crippen LogP contribution in [0.25, 0.3) is 0 Å². The van der Waals surface area contributed by atoms with Crippen molar-refractivity contribution in [3.05, 3.63) is 0 Å². The molecule has 0 aromatic rings. The molecular formula is C11H22N2O2. The lowest BCUT2D eigenvalue weighted by molar-refractivity contribution is -0.136. The third-order valence-electron chi connectivity index (χ3n) is 2.48. The van der Waals surface area contributed by atoms with Crippen molar-refractivity contribution < 1.29 is 9.53 Å².